The lowest BCUT2D eigenvalue weighted by Gasteiger charge is -2.27. The molecular formula is C15H15BrN6OS. The van der Waals surface area contributed by atoms with Gasteiger partial charge in [-0.2, -0.15) is 0 Å². The second-order valence-corrected chi connectivity index (χ2v) is 7.19. The number of ether oxygens (including phenoxy) is 1. The molecule has 4 heterocycles. The van der Waals surface area contributed by atoms with Crippen LogP contribution in [0.2, 0.25) is 0 Å². The molecule has 1 aliphatic rings. The Kier molecular flexibility index (Phi) is 4.07. The second kappa shape index (κ2) is 6.23. The first-order valence-electron chi connectivity index (χ1n) is 7.50. The minimum atomic E-state index is 0.266. The van der Waals surface area contributed by atoms with E-state index in [9.17, 15) is 0 Å². The van der Waals surface area contributed by atoms with Gasteiger partial charge >= 0.3 is 0 Å². The van der Waals surface area contributed by atoms with Gasteiger partial charge in [-0.3, -0.25) is 0 Å². The summed E-state index contributed by atoms with van der Waals surface area (Å²) in [5.41, 5.74) is 9.12. The Bertz CT molecular complexity index is 908. The van der Waals surface area contributed by atoms with Crippen LogP contribution in [0.4, 0.5) is 11.9 Å². The highest BCUT2D eigenvalue weighted by Gasteiger charge is 2.20. The van der Waals surface area contributed by atoms with Crippen LogP contribution in [0.25, 0.3) is 21.5 Å². The first kappa shape index (κ1) is 15.7. The third-order valence-corrected chi connectivity index (χ3v) is 5.79. The summed E-state index contributed by atoms with van der Waals surface area (Å²) >= 11 is 5.19. The number of nitrogens with zero attached hydrogens (tertiary/aromatic N) is 5. The molecule has 0 saturated carbocycles. The lowest BCUT2D eigenvalue weighted by Crippen LogP contribution is -2.37. The molecule has 0 radical (unpaired) electrons. The minimum absolute atomic E-state index is 0.266. The van der Waals surface area contributed by atoms with Crippen LogP contribution in [0.15, 0.2) is 16.0 Å². The van der Waals surface area contributed by atoms with E-state index in [1.54, 1.807) is 17.5 Å². The number of morpholine rings is 1. The number of aromatic nitrogens is 4. The van der Waals surface area contributed by atoms with Crippen molar-refractivity contribution in [3.8, 4) is 11.3 Å². The van der Waals surface area contributed by atoms with Gasteiger partial charge in [0.25, 0.3) is 0 Å². The highest BCUT2D eigenvalue weighted by molar-refractivity contribution is 9.10. The molecule has 0 bridgehead atoms. The molecular weight excluding hydrogens is 392 g/mol. The van der Waals surface area contributed by atoms with Gasteiger partial charge in [0, 0.05) is 30.2 Å². The fourth-order valence-electron chi connectivity index (χ4n) is 2.68. The standard InChI is InChI=1S/C15H15BrN6OS/c1-8-9(6-18-14(17)19-8)11-13-12(10(16)7-24-13)21-15(20-11)22-2-4-23-5-3-22/h6-7H,2-5H2,1H3,(H2,17,18,19). The van der Waals surface area contributed by atoms with Crippen LogP contribution >= 0.6 is 27.3 Å². The summed E-state index contributed by atoms with van der Waals surface area (Å²) in [4.78, 5) is 20.1. The van der Waals surface area contributed by atoms with Gasteiger partial charge in [-0.1, -0.05) is 0 Å². The number of anilines is 2. The maximum atomic E-state index is 5.69. The smallest absolute Gasteiger partial charge is 0.226 e. The van der Waals surface area contributed by atoms with E-state index in [-0.39, 0.29) is 5.95 Å². The average molecular weight is 407 g/mol. The maximum absolute atomic E-state index is 5.69. The summed E-state index contributed by atoms with van der Waals surface area (Å²) in [5.74, 6) is 0.971. The lowest BCUT2D eigenvalue weighted by atomic mass is 10.1. The van der Waals surface area contributed by atoms with Gasteiger partial charge < -0.3 is 15.4 Å². The molecule has 24 heavy (non-hydrogen) atoms. The van der Waals surface area contributed by atoms with Crippen molar-refractivity contribution in [2.24, 2.45) is 0 Å². The highest BCUT2D eigenvalue weighted by Crippen LogP contribution is 2.37. The molecule has 0 atom stereocenters. The lowest BCUT2D eigenvalue weighted by molar-refractivity contribution is 0.122. The van der Waals surface area contributed by atoms with E-state index < -0.39 is 0 Å². The highest BCUT2D eigenvalue weighted by atomic mass is 79.9. The number of hydrogen-bond donors (Lipinski definition) is 1. The van der Waals surface area contributed by atoms with Crippen molar-refractivity contribution in [3.63, 3.8) is 0 Å². The predicted octanol–water partition coefficient (Wildman–Crippen LogP) is 2.64. The van der Waals surface area contributed by atoms with E-state index in [0.29, 0.717) is 19.2 Å². The number of hydrogen-bond acceptors (Lipinski definition) is 8. The van der Waals surface area contributed by atoms with Crippen LogP contribution < -0.4 is 10.6 Å². The summed E-state index contributed by atoms with van der Waals surface area (Å²) in [6.45, 7) is 4.85. The molecule has 4 rings (SSSR count). The van der Waals surface area contributed by atoms with Crippen LogP contribution in [0.3, 0.4) is 0 Å². The first-order valence-corrected chi connectivity index (χ1v) is 9.17. The van der Waals surface area contributed by atoms with Crippen LogP contribution in [-0.4, -0.2) is 46.2 Å². The van der Waals surface area contributed by atoms with Gasteiger partial charge in [-0.15, -0.1) is 11.3 Å². The van der Waals surface area contributed by atoms with Gasteiger partial charge in [0.15, 0.2) is 0 Å². The molecule has 0 aromatic carbocycles. The quantitative estimate of drug-likeness (QED) is 0.699. The van der Waals surface area contributed by atoms with Gasteiger partial charge in [0.1, 0.15) is 5.52 Å². The Hall–Kier alpha value is -1.84. The van der Waals surface area contributed by atoms with Crippen molar-refractivity contribution in [2.45, 2.75) is 6.92 Å². The van der Waals surface area contributed by atoms with Gasteiger partial charge in [-0.25, -0.2) is 19.9 Å². The Morgan fingerprint density at radius 1 is 1.25 bits per heavy atom. The zero-order chi connectivity index (χ0) is 16.7. The molecule has 3 aromatic heterocycles. The van der Waals surface area contributed by atoms with Crippen LogP contribution in [-0.2, 0) is 4.74 Å². The van der Waals surface area contributed by atoms with Crippen LogP contribution in [0.1, 0.15) is 5.69 Å². The van der Waals surface area contributed by atoms with Crippen molar-refractivity contribution in [2.75, 3.05) is 36.9 Å². The van der Waals surface area contributed by atoms with Crippen molar-refractivity contribution in [3.05, 3.63) is 21.7 Å². The molecule has 0 aliphatic carbocycles. The third kappa shape index (κ3) is 2.72. The molecule has 1 saturated heterocycles. The van der Waals surface area contributed by atoms with E-state index >= 15 is 0 Å². The summed E-state index contributed by atoms with van der Waals surface area (Å²) in [7, 11) is 0. The zero-order valence-corrected chi connectivity index (χ0v) is 15.4. The maximum Gasteiger partial charge on any atom is 0.226 e. The Morgan fingerprint density at radius 3 is 2.79 bits per heavy atom. The Labute approximate surface area is 151 Å². The third-order valence-electron chi connectivity index (χ3n) is 3.91. The Balaban J connectivity index is 1.92. The molecule has 0 spiro atoms. The van der Waals surface area contributed by atoms with E-state index in [2.05, 4.69) is 30.8 Å². The molecule has 1 fully saturated rings. The number of rotatable bonds is 2. The van der Waals surface area contributed by atoms with Gasteiger partial charge in [0.2, 0.25) is 11.9 Å². The monoisotopic (exact) mass is 406 g/mol. The molecule has 7 nitrogen and oxygen atoms in total. The average Bonchev–Trinajstić information content (AvgIpc) is 2.96. The molecule has 9 heteroatoms. The predicted molar refractivity (Wildman–Crippen MR) is 98.3 cm³/mol. The number of aryl methyl sites for hydroxylation is 1. The van der Waals surface area contributed by atoms with Gasteiger partial charge in [0.05, 0.1) is 33.8 Å². The van der Waals surface area contributed by atoms with Crippen LogP contribution in [0, 0.1) is 6.92 Å². The molecule has 0 amide bonds. The number of fused-ring (bicyclic) bond motifs is 1. The van der Waals surface area contributed by atoms with Crippen molar-refractivity contribution >= 4 is 49.4 Å². The van der Waals surface area contributed by atoms with E-state index in [4.69, 9.17) is 20.4 Å². The van der Waals surface area contributed by atoms with Crippen molar-refractivity contribution in [1.29, 1.82) is 0 Å². The summed E-state index contributed by atoms with van der Waals surface area (Å²) in [6.07, 6.45) is 1.73. The topological polar surface area (TPSA) is 90.0 Å². The SMILES string of the molecule is Cc1nc(N)ncc1-c1nc(N2CCOCC2)nc2c(Br)csc12. The summed E-state index contributed by atoms with van der Waals surface area (Å²) < 4.78 is 7.40. The largest absolute Gasteiger partial charge is 0.378 e. The van der Waals surface area contributed by atoms with E-state index in [1.807, 2.05) is 12.3 Å². The molecule has 124 valence electrons. The van der Waals surface area contributed by atoms with E-state index in [0.717, 1.165) is 44.7 Å². The van der Waals surface area contributed by atoms with Gasteiger partial charge in [-0.05, 0) is 22.9 Å². The Morgan fingerprint density at radius 2 is 2.04 bits per heavy atom. The van der Waals surface area contributed by atoms with Crippen molar-refractivity contribution in [1.82, 2.24) is 19.9 Å². The summed E-state index contributed by atoms with van der Waals surface area (Å²) in [6, 6.07) is 0. The normalized spacial score (nSPS) is 15.2. The molecule has 2 N–H and O–H groups in total. The number of thiophene rings is 1. The minimum Gasteiger partial charge on any atom is -0.378 e. The first-order chi connectivity index (χ1) is 11.6. The molecule has 1 aliphatic heterocycles. The summed E-state index contributed by atoms with van der Waals surface area (Å²) in [5, 5.41) is 2.03. The number of nitrogens with two attached hydrogens (primary N) is 1. The molecule has 0 unspecified atom stereocenters. The molecule has 3 aromatic rings. The number of halogens is 1. The van der Waals surface area contributed by atoms with E-state index in [1.165, 1.54) is 0 Å². The second-order valence-electron chi connectivity index (χ2n) is 5.46. The fraction of sp³-hybridized carbons (Fsp3) is 0.333. The van der Waals surface area contributed by atoms with Crippen molar-refractivity contribution < 1.29 is 4.74 Å². The number of nitrogen functional groups attached to an aromatic ring is 1. The van der Waals surface area contributed by atoms with Crippen LogP contribution in [0.5, 0.6) is 0 Å². The fourth-order valence-corrected chi connectivity index (χ4v) is 4.25. The zero-order valence-electron chi connectivity index (χ0n) is 13.0.